The molecular weight excluding hydrogens is 277 g/mol. The summed E-state index contributed by atoms with van der Waals surface area (Å²) in [5.41, 5.74) is 0. The lowest BCUT2D eigenvalue weighted by molar-refractivity contribution is 0.480. The minimum absolute atomic E-state index is 0.414. The molecule has 1 heterocycles. The van der Waals surface area contributed by atoms with E-state index < -0.39 is 0 Å². The Hall–Kier alpha value is -0.900. The summed E-state index contributed by atoms with van der Waals surface area (Å²) in [6.45, 7) is 0. The zero-order chi connectivity index (χ0) is 12.3. The minimum Gasteiger partial charge on any atom is -0.456 e. The molecule has 0 saturated heterocycles. The lowest BCUT2D eigenvalue weighted by Crippen LogP contribution is -1.87. The molecule has 2 rings (SSSR count). The van der Waals surface area contributed by atoms with Crippen LogP contribution in [0.15, 0.2) is 41.6 Å². The lowest BCUT2D eigenvalue weighted by atomic mass is 10.3. The van der Waals surface area contributed by atoms with Crippen molar-refractivity contribution in [1.82, 2.24) is 4.98 Å². The van der Waals surface area contributed by atoms with Crippen LogP contribution in [0.5, 0.6) is 11.5 Å². The van der Waals surface area contributed by atoms with Crippen LogP contribution in [0.4, 0.5) is 0 Å². The summed E-state index contributed by atoms with van der Waals surface area (Å²) >= 11 is 13.5. The van der Waals surface area contributed by atoms with E-state index in [0.717, 1.165) is 5.03 Å². The first-order valence-electron chi connectivity index (χ1n) is 4.82. The fourth-order valence-electron chi connectivity index (χ4n) is 1.26. The first-order valence-corrected chi connectivity index (χ1v) is 6.80. The number of hydrogen-bond acceptors (Lipinski definition) is 3. The Kier molecular flexibility index (Phi) is 4.15. The van der Waals surface area contributed by atoms with Crippen molar-refractivity contribution in [3.8, 4) is 11.5 Å². The highest BCUT2D eigenvalue weighted by molar-refractivity contribution is 7.98. The predicted molar refractivity (Wildman–Crippen MR) is 72.6 cm³/mol. The summed E-state index contributed by atoms with van der Waals surface area (Å²) in [5.74, 6) is 1.23. The molecule has 0 bridgehead atoms. The van der Waals surface area contributed by atoms with Crippen molar-refractivity contribution in [3.05, 3.63) is 46.6 Å². The number of hydrogen-bond donors (Lipinski definition) is 0. The third-order valence-electron chi connectivity index (χ3n) is 2.06. The fraction of sp³-hybridized carbons (Fsp3) is 0.0833. The molecule has 0 N–H and O–H groups in total. The van der Waals surface area contributed by atoms with Crippen LogP contribution in [0.3, 0.4) is 0 Å². The van der Waals surface area contributed by atoms with Crippen molar-refractivity contribution >= 4 is 35.0 Å². The molecule has 0 saturated carbocycles. The number of thioether (sulfide) groups is 1. The van der Waals surface area contributed by atoms with Crippen LogP contribution in [-0.4, -0.2) is 11.2 Å². The third kappa shape index (κ3) is 3.06. The highest BCUT2D eigenvalue weighted by Crippen LogP contribution is 2.34. The second-order valence-electron chi connectivity index (χ2n) is 3.19. The molecule has 0 spiro atoms. The van der Waals surface area contributed by atoms with E-state index in [-0.39, 0.29) is 0 Å². The monoisotopic (exact) mass is 285 g/mol. The average molecular weight is 286 g/mol. The number of nitrogens with zero attached hydrogens (tertiary/aromatic N) is 1. The van der Waals surface area contributed by atoms with Gasteiger partial charge in [-0.1, -0.05) is 29.3 Å². The molecule has 2 aromatic rings. The van der Waals surface area contributed by atoms with E-state index in [1.165, 1.54) is 0 Å². The summed E-state index contributed by atoms with van der Waals surface area (Å²) in [6, 6.07) is 8.91. The molecule has 88 valence electrons. The number of pyridine rings is 1. The highest BCUT2D eigenvalue weighted by atomic mass is 35.5. The molecule has 0 unspecified atom stereocenters. The van der Waals surface area contributed by atoms with E-state index in [9.17, 15) is 0 Å². The van der Waals surface area contributed by atoms with Crippen molar-refractivity contribution in [2.24, 2.45) is 0 Å². The van der Waals surface area contributed by atoms with Gasteiger partial charge in [-0.2, -0.15) is 0 Å². The van der Waals surface area contributed by atoms with Crippen LogP contribution in [-0.2, 0) is 0 Å². The van der Waals surface area contributed by atoms with Crippen molar-refractivity contribution in [1.29, 1.82) is 0 Å². The molecule has 0 atom stereocenters. The minimum atomic E-state index is 0.414. The van der Waals surface area contributed by atoms with Gasteiger partial charge in [0.15, 0.2) is 0 Å². The molecule has 5 heteroatoms. The molecule has 0 amide bonds. The molecule has 0 radical (unpaired) electrons. The second kappa shape index (κ2) is 5.63. The van der Waals surface area contributed by atoms with Gasteiger partial charge >= 0.3 is 0 Å². The third-order valence-corrected chi connectivity index (χ3v) is 3.50. The molecule has 0 aliphatic carbocycles. The molecule has 0 fully saturated rings. The van der Waals surface area contributed by atoms with Crippen molar-refractivity contribution in [3.63, 3.8) is 0 Å². The average Bonchev–Trinajstić information content (AvgIpc) is 2.35. The van der Waals surface area contributed by atoms with Crippen LogP contribution in [0.2, 0.25) is 10.0 Å². The van der Waals surface area contributed by atoms with Gasteiger partial charge in [0.1, 0.15) is 16.5 Å². The normalized spacial score (nSPS) is 10.3. The van der Waals surface area contributed by atoms with Crippen molar-refractivity contribution in [2.45, 2.75) is 5.03 Å². The van der Waals surface area contributed by atoms with Crippen LogP contribution < -0.4 is 4.74 Å². The van der Waals surface area contributed by atoms with Gasteiger partial charge in [-0.25, -0.2) is 4.98 Å². The summed E-state index contributed by atoms with van der Waals surface area (Å²) in [5, 5.41) is 1.78. The number of ether oxygens (including phenoxy) is 1. The summed E-state index contributed by atoms with van der Waals surface area (Å²) < 4.78 is 5.66. The van der Waals surface area contributed by atoms with Gasteiger partial charge in [-0.15, -0.1) is 11.8 Å². The first kappa shape index (κ1) is 12.6. The van der Waals surface area contributed by atoms with E-state index in [2.05, 4.69) is 4.98 Å². The zero-order valence-electron chi connectivity index (χ0n) is 8.98. The lowest BCUT2D eigenvalue weighted by Gasteiger charge is -2.08. The molecule has 1 aromatic carbocycles. The van der Waals surface area contributed by atoms with E-state index in [4.69, 9.17) is 27.9 Å². The quantitative estimate of drug-likeness (QED) is 0.749. The Bertz CT molecular complexity index is 534. The number of aromatic nitrogens is 1. The molecule has 2 nitrogen and oxygen atoms in total. The largest absolute Gasteiger partial charge is 0.456 e. The molecule has 0 aliphatic rings. The zero-order valence-corrected chi connectivity index (χ0v) is 11.3. The molecule has 1 aromatic heterocycles. The summed E-state index contributed by atoms with van der Waals surface area (Å²) in [7, 11) is 0. The Morgan fingerprint density at radius 3 is 2.82 bits per heavy atom. The van der Waals surface area contributed by atoms with E-state index in [1.54, 1.807) is 42.2 Å². The van der Waals surface area contributed by atoms with Gasteiger partial charge in [0, 0.05) is 12.3 Å². The maximum atomic E-state index is 6.04. The van der Waals surface area contributed by atoms with Crippen molar-refractivity contribution < 1.29 is 4.74 Å². The Morgan fingerprint density at radius 1 is 1.24 bits per heavy atom. The highest BCUT2D eigenvalue weighted by Gasteiger charge is 2.06. The Labute approximate surface area is 114 Å². The van der Waals surface area contributed by atoms with Crippen LogP contribution >= 0.6 is 35.0 Å². The van der Waals surface area contributed by atoms with Crippen LogP contribution in [0, 0.1) is 0 Å². The van der Waals surface area contributed by atoms with Gasteiger partial charge in [-0.3, -0.25) is 0 Å². The Balaban J connectivity index is 2.28. The maximum absolute atomic E-state index is 6.04. The maximum Gasteiger partial charge on any atom is 0.147 e. The van der Waals surface area contributed by atoms with Gasteiger partial charge < -0.3 is 4.74 Å². The Morgan fingerprint density at radius 2 is 2.06 bits per heavy atom. The first-order chi connectivity index (χ1) is 8.20. The standard InChI is InChI=1S/C12H9Cl2NOS/c1-17-11-7-8(5-6-15-11)16-10-4-2-3-9(13)12(10)14/h2-7H,1H3. The van der Waals surface area contributed by atoms with Gasteiger partial charge in [0.25, 0.3) is 0 Å². The number of benzene rings is 1. The SMILES string of the molecule is CSc1cc(Oc2cccc(Cl)c2Cl)ccn1. The fourth-order valence-corrected chi connectivity index (χ4v) is 1.99. The van der Waals surface area contributed by atoms with E-state index >= 15 is 0 Å². The number of rotatable bonds is 3. The van der Waals surface area contributed by atoms with Crippen LogP contribution in [0.25, 0.3) is 0 Å². The van der Waals surface area contributed by atoms with Gasteiger partial charge in [0.2, 0.25) is 0 Å². The van der Waals surface area contributed by atoms with Crippen molar-refractivity contribution in [2.75, 3.05) is 6.26 Å². The van der Waals surface area contributed by atoms with Gasteiger partial charge in [-0.05, 0) is 24.5 Å². The number of halogens is 2. The summed E-state index contributed by atoms with van der Waals surface area (Å²) in [6.07, 6.45) is 3.65. The predicted octanol–water partition coefficient (Wildman–Crippen LogP) is 4.90. The molecule has 0 aliphatic heterocycles. The van der Waals surface area contributed by atoms with Crippen LogP contribution in [0.1, 0.15) is 0 Å². The topological polar surface area (TPSA) is 22.1 Å². The van der Waals surface area contributed by atoms with E-state index in [0.29, 0.717) is 21.5 Å². The molecule has 17 heavy (non-hydrogen) atoms. The summed E-state index contributed by atoms with van der Waals surface area (Å²) in [4.78, 5) is 4.16. The smallest absolute Gasteiger partial charge is 0.147 e. The van der Waals surface area contributed by atoms with E-state index in [1.807, 2.05) is 12.3 Å². The second-order valence-corrected chi connectivity index (χ2v) is 4.80. The molecular formula is C12H9Cl2NOS. The van der Waals surface area contributed by atoms with Gasteiger partial charge in [0.05, 0.1) is 10.0 Å².